The zero-order valence-electron chi connectivity index (χ0n) is 6.55. The Morgan fingerprint density at radius 1 is 1.07 bits per heavy atom. The maximum absolute atomic E-state index is 11.4. The maximum atomic E-state index is 11.4. The van der Waals surface area contributed by atoms with Crippen molar-refractivity contribution in [2.45, 2.75) is 0 Å². The molecule has 3 nitrogen and oxygen atoms in total. The Hall–Kier alpha value is -0.770. The van der Waals surface area contributed by atoms with Gasteiger partial charge in [-0.3, -0.25) is 9.59 Å². The van der Waals surface area contributed by atoms with Crippen molar-refractivity contribution in [3.05, 3.63) is 33.3 Å². The van der Waals surface area contributed by atoms with Gasteiger partial charge in [0.1, 0.15) is 0 Å². The van der Waals surface area contributed by atoms with Crippen LogP contribution in [0.1, 0.15) is 20.7 Å². The Morgan fingerprint density at radius 2 is 1.71 bits per heavy atom. The summed E-state index contributed by atoms with van der Waals surface area (Å²) in [5, 5.41) is 0.282. The number of rotatable bonds is 0. The summed E-state index contributed by atoms with van der Waals surface area (Å²) in [5.41, 5.74) is 0.249. The Morgan fingerprint density at radius 3 is 2.36 bits per heavy atom. The first-order valence-corrected chi connectivity index (χ1v) is 4.66. The summed E-state index contributed by atoms with van der Waals surface area (Å²) in [6, 6.07) is 2.87. The number of hydrogen-bond acceptors (Lipinski definition) is 2. The molecule has 14 heavy (non-hydrogen) atoms. The standard InChI is InChI=1S/C8H2Cl3NO2/c9-4-2-1-3-5(6(4)10)8(14)12(11)7(3)13/h1-2H. The van der Waals surface area contributed by atoms with Gasteiger partial charge in [0.15, 0.2) is 0 Å². The van der Waals surface area contributed by atoms with Crippen LogP contribution in [0.5, 0.6) is 0 Å². The Bertz CT molecular complexity index is 458. The average Bonchev–Trinajstić information content (AvgIpc) is 2.38. The summed E-state index contributed by atoms with van der Waals surface area (Å²) in [7, 11) is 0. The normalized spacial score (nSPS) is 14.9. The molecule has 1 aromatic carbocycles. The van der Waals surface area contributed by atoms with E-state index in [0.717, 1.165) is 0 Å². The molecule has 1 aliphatic rings. The highest BCUT2D eigenvalue weighted by molar-refractivity contribution is 6.48. The van der Waals surface area contributed by atoms with Crippen LogP contribution in [0.3, 0.4) is 0 Å². The second kappa shape index (κ2) is 3.12. The molecular weight excluding hydrogens is 248 g/mol. The Kier molecular flexibility index (Phi) is 2.18. The maximum Gasteiger partial charge on any atom is 0.277 e. The minimum Gasteiger partial charge on any atom is -0.267 e. The van der Waals surface area contributed by atoms with Crippen LogP contribution in [0.4, 0.5) is 0 Å². The van der Waals surface area contributed by atoms with Gasteiger partial charge in [0.05, 0.1) is 21.2 Å². The van der Waals surface area contributed by atoms with Crippen LogP contribution in [0.2, 0.25) is 10.0 Å². The largest absolute Gasteiger partial charge is 0.277 e. The first-order valence-electron chi connectivity index (χ1n) is 3.56. The second-order valence-electron chi connectivity index (χ2n) is 2.68. The van der Waals surface area contributed by atoms with E-state index >= 15 is 0 Å². The van der Waals surface area contributed by atoms with Crippen LogP contribution in [-0.4, -0.2) is 16.2 Å². The zero-order chi connectivity index (χ0) is 10.5. The van der Waals surface area contributed by atoms with Crippen molar-refractivity contribution in [2.24, 2.45) is 0 Å². The number of nitrogens with zero attached hydrogens (tertiary/aromatic N) is 1. The minimum absolute atomic E-state index is 0.0608. The number of amides is 2. The van der Waals surface area contributed by atoms with Gasteiger partial charge in [0, 0.05) is 11.8 Å². The van der Waals surface area contributed by atoms with Crippen LogP contribution >= 0.6 is 35.0 Å². The molecular formula is C8H2Cl3NO2. The lowest BCUT2D eigenvalue weighted by Gasteiger charge is -1.99. The van der Waals surface area contributed by atoms with E-state index in [9.17, 15) is 9.59 Å². The average molecular weight is 250 g/mol. The molecule has 72 valence electrons. The number of carbonyl (C=O) groups excluding carboxylic acids is 2. The zero-order valence-corrected chi connectivity index (χ0v) is 8.82. The van der Waals surface area contributed by atoms with Gasteiger partial charge >= 0.3 is 0 Å². The number of imide groups is 1. The second-order valence-corrected chi connectivity index (χ2v) is 3.80. The molecule has 1 aromatic rings. The third-order valence-electron chi connectivity index (χ3n) is 1.90. The molecule has 1 heterocycles. The summed E-state index contributed by atoms with van der Waals surface area (Å²) >= 11 is 16.9. The molecule has 0 atom stereocenters. The van der Waals surface area contributed by atoms with Gasteiger partial charge in [-0.25, -0.2) is 0 Å². The van der Waals surface area contributed by atoms with Gasteiger partial charge < -0.3 is 0 Å². The fourth-order valence-corrected chi connectivity index (χ4v) is 1.81. The fourth-order valence-electron chi connectivity index (χ4n) is 1.23. The number of halogens is 3. The van der Waals surface area contributed by atoms with E-state index in [2.05, 4.69) is 0 Å². The summed E-state index contributed by atoms with van der Waals surface area (Å²) in [4.78, 5) is 22.8. The summed E-state index contributed by atoms with van der Waals surface area (Å²) in [6.45, 7) is 0. The van der Waals surface area contributed by atoms with Crippen molar-refractivity contribution in [3.63, 3.8) is 0 Å². The van der Waals surface area contributed by atoms with Crippen molar-refractivity contribution >= 4 is 46.8 Å². The van der Waals surface area contributed by atoms with Crippen molar-refractivity contribution in [2.75, 3.05) is 0 Å². The molecule has 0 saturated carbocycles. The third kappa shape index (κ3) is 1.13. The van der Waals surface area contributed by atoms with Gasteiger partial charge in [0.2, 0.25) is 0 Å². The number of benzene rings is 1. The lowest BCUT2D eigenvalue weighted by Crippen LogP contribution is -2.18. The molecule has 0 saturated heterocycles. The summed E-state index contributed by atoms with van der Waals surface area (Å²) in [6.07, 6.45) is 0. The topological polar surface area (TPSA) is 37.4 Å². The van der Waals surface area contributed by atoms with E-state index in [4.69, 9.17) is 35.0 Å². The number of carbonyl (C=O) groups is 2. The van der Waals surface area contributed by atoms with Crippen molar-refractivity contribution < 1.29 is 9.59 Å². The quantitative estimate of drug-likeness (QED) is 0.524. The van der Waals surface area contributed by atoms with E-state index < -0.39 is 11.8 Å². The van der Waals surface area contributed by atoms with Crippen molar-refractivity contribution in [1.82, 2.24) is 4.42 Å². The molecule has 0 unspecified atom stereocenters. The molecule has 2 rings (SSSR count). The molecule has 0 aromatic heterocycles. The molecule has 6 heteroatoms. The number of fused-ring (bicyclic) bond motifs is 1. The lowest BCUT2D eigenvalue weighted by molar-refractivity contribution is 0.0767. The van der Waals surface area contributed by atoms with E-state index in [1.54, 1.807) is 0 Å². The van der Waals surface area contributed by atoms with Crippen LogP contribution in [0.25, 0.3) is 0 Å². The van der Waals surface area contributed by atoms with Crippen molar-refractivity contribution in [1.29, 1.82) is 0 Å². The molecule has 0 spiro atoms. The van der Waals surface area contributed by atoms with E-state index in [-0.39, 0.29) is 21.2 Å². The van der Waals surface area contributed by atoms with E-state index in [1.807, 2.05) is 0 Å². The highest BCUT2D eigenvalue weighted by Gasteiger charge is 2.37. The molecule has 0 N–H and O–H groups in total. The first-order chi connectivity index (χ1) is 6.54. The molecule has 2 amide bonds. The summed E-state index contributed by atoms with van der Waals surface area (Å²) in [5.74, 6) is -1.22. The van der Waals surface area contributed by atoms with Gasteiger partial charge in [-0.15, -0.1) is 0 Å². The van der Waals surface area contributed by atoms with E-state index in [0.29, 0.717) is 4.42 Å². The first kappa shape index (κ1) is 9.77. The number of hydrogen-bond donors (Lipinski definition) is 0. The van der Waals surface area contributed by atoms with Gasteiger partial charge in [-0.05, 0) is 12.1 Å². The van der Waals surface area contributed by atoms with Crippen LogP contribution < -0.4 is 0 Å². The molecule has 0 bridgehead atoms. The smallest absolute Gasteiger partial charge is 0.267 e. The fraction of sp³-hybridized carbons (Fsp3) is 0. The van der Waals surface area contributed by atoms with Gasteiger partial charge in [0.25, 0.3) is 11.8 Å². The third-order valence-corrected chi connectivity index (χ3v) is 3.01. The van der Waals surface area contributed by atoms with Crippen LogP contribution in [0, 0.1) is 0 Å². The molecule has 0 radical (unpaired) electrons. The minimum atomic E-state index is -0.640. The highest BCUT2D eigenvalue weighted by atomic mass is 35.5. The van der Waals surface area contributed by atoms with Gasteiger partial charge in [-0.1, -0.05) is 23.2 Å². The lowest BCUT2D eigenvalue weighted by atomic mass is 10.1. The molecule has 0 aliphatic carbocycles. The highest BCUT2D eigenvalue weighted by Crippen LogP contribution is 2.34. The SMILES string of the molecule is O=C1c2ccc(Cl)c(Cl)c2C(=O)N1Cl. The Labute approximate surface area is 94.3 Å². The predicted molar refractivity (Wildman–Crippen MR) is 52.8 cm³/mol. The predicted octanol–water partition coefficient (Wildman–Crippen LogP) is 2.74. The monoisotopic (exact) mass is 249 g/mol. The molecule has 1 aliphatic heterocycles. The van der Waals surface area contributed by atoms with Gasteiger partial charge in [-0.2, -0.15) is 4.42 Å². The van der Waals surface area contributed by atoms with E-state index in [1.165, 1.54) is 12.1 Å². The van der Waals surface area contributed by atoms with Crippen molar-refractivity contribution in [3.8, 4) is 0 Å². The summed E-state index contributed by atoms with van der Waals surface area (Å²) < 4.78 is 0.493. The molecule has 0 fully saturated rings. The Balaban J connectivity index is 2.76. The van der Waals surface area contributed by atoms with Crippen LogP contribution in [0.15, 0.2) is 12.1 Å². The van der Waals surface area contributed by atoms with Crippen LogP contribution in [-0.2, 0) is 0 Å².